The molecule has 0 spiro atoms. The van der Waals surface area contributed by atoms with Crippen LogP contribution in [0.5, 0.6) is 5.75 Å². The summed E-state index contributed by atoms with van der Waals surface area (Å²) in [6, 6.07) is 6.45. The normalized spacial score (nSPS) is 9.08. The molecule has 0 N–H and O–H groups in total. The second-order valence-corrected chi connectivity index (χ2v) is 2.13. The van der Waals surface area contributed by atoms with E-state index in [0.717, 1.165) is 0 Å². The van der Waals surface area contributed by atoms with Gasteiger partial charge in [-0.1, -0.05) is 12.1 Å². The van der Waals surface area contributed by atoms with E-state index >= 15 is 0 Å². The Labute approximate surface area is 70.0 Å². The van der Waals surface area contributed by atoms with Crippen molar-refractivity contribution in [1.82, 2.24) is 0 Å². The Morgan fingerprint density at radius 2 is 2.08 bits per heavy atom. The Morgan fingerprint density at radius 3 is 2.67 bits per heavy atom. The minimum atomic E-state index is -0.677. The summed E-state index contributed by atoms with van der Waals surface area (Å²) in [5, 5.41) is 0. The smallest absolute Gasteiger partial charge is 0.311 e. The standard InChI is InChI=1S/C9H7O3/c1-7(11)12-9-5-3-2-4-8(9)6-10/h2-6H,1H2. The van der Waals surface area contributed by atoms with Crippen molar-refractivity contribution in [3.63, 3.8) is 0 Å². The third-order valence-corrected chi connectivity index (χ3v) is 1.27. The molecule has 0 amide bonds. The Balaban J connectivity index is 2.96. The Kier molecular flexibility index (Phi) is 2.58. The number of carbonyl (C=O) groups excluding carboxylic acids is 2. The predicted molar refractivity (Wildman–Crippen MR) is 42.8 cm³/mol. The fourth-order valence-corrected chi connectivity index (χ4v) is 0.793. The molecular weight excluding hydrogens is 156 g/mol. The SMILES string of the molecule is [CH2]C(=O)Oc1ccccc1C=O. The molecule has 1 aromatic carbocycles. The summed E-state index contributed by atoms with van der Waals surface area (Å²) < 4.78 is 4.65. The van der Waals surface area contributed by atoms with E-state index in [4.69, 9.17) is 0 Å². The second-order valence-electron chi connectivity index (χ2n) is 2.13. The van der Waals surface area contributed by atoms with Gasteiger partial charge in [-0.15, -0.1) is 0 Å². The molecule has 12 heavy (non-hydrogen) atoms. The molecule has 0 aromatic heterocycles. The molecule has 0 aliphatic rings. The van der Waals surface area contributed by atoms with E-state index in [0.29, 0.717) is 11.8 Å². The van der Waals surface area contributed by atoms with Crippen molar-refractivity contribution in [3.05, 3.63) is 36.8 Å². The number of esters is 1. The zero-order valence-electron chi connectivity index (χ0n) is 6.32. The summed E-state index contributed by atoms with van der Waals surface area (Å²) in [7, 11) is 0. The zero-order valence-corrected chi connectivity index (χ0v) is 6.32. The molecule has 0 saturated carbocycles. The van der Waals surface area contributed by atoms with Crippen LogP contribution in [-0.2, 0) is 4.79 Å². The Bertz CT molecular complexity index is 304. The first-order valence-corrected chi connectivity index (χ1v) is 3.32. The minimum absolute atomic E-state index is 0.243. The number of hydrogen-bond donors (Lipinski definition) is 0. The van der Waals surface area contributed by atoms with Crippen molar-refractivity contribution in [2.75, 3.05) is 0 Å². The summed E-state index contributed by atoms with van der Waals surface area (Å²) in [5.41, 5.74) is 0.342. The first-order chi connectivity index (χ1) is 5.74. The number of carbonyl (C=O) groups is 2. The van der Waals surface area contributed by atoms with Crippen LogP contribution in [0.15, 0.2) is 24.3 Å². The predicted octanol–water partition coefficient (Wildman–Crippen LogP) is 1.24. The van der Waals surface area contributed by atoms with E-state index in [1.54, 1.807) is 18.2 Å². The lowest BCUT2D eigenvalue weighted by molar-refractivity contribution is -0.129. The van der Waals surface area contributed by atoms with E-state index in [1.807, 2.05) is 0 Å². The molecule has 0 aliphatic heterocycles. The van der Waals surface area contributed by atoms with Gasteiger partial charge in [0.25, 0.3) is 0 Å². The van der Waals surface area contributed by atoms with E-state index in [1.165, 1.54) is 6.07 Å². The molecular formula is C9H7O3. The average molecular weight is 163 g/mol. The van der Waals surface area contributed by atoms with Gasteiger partial charge in [-0.3, -0.25) is 9.59 Å². The highest BCUT2D eigenvalue weighted by atomic mass is 16.5. The number of aldehydes is 1. The van der Waals surface area contributed by atoms with Crippen molar-refractivity contribution in [3.8, 4) is 5.75 Å². The number of benzene rings is 1. The largest absolute Gasteiger partial charge is 0.426 e. The highest BCUT2D eigenvalue weighted by Crippen LogP contribution is 2.15. The van der Waals surface area contributed by atoms with E-state index < -0.39 is 5.97 Å². The Hall–Kier alpha value is -1.64. The third-order valence-electron chi connectivity index (χ3n) is 1.27. The van der Waals surface area contributed by atoms with Gasteiger partial charge < -0.3 is 4.74 Å². The third kappa shape index (κ3) is 1.92. The molecule has 0 atom stereocenters. The molecule has 0 saturated heterocycles. The number of para-hydroxylation sites is 1. The molecule has 0 fully saturated rings. The average Bonchev–Trinajstić information content (AvgIpc) is 2.04. The Morgan fingerprint density at radius 1 is 1.42 bits per heavy atom. The van der Waals surface area contributed by atoms with Gasteiger partial charge in [-0.05, 0) is 12.1 Å². The topological polar surface area (TPSA) is 43.4 Å². The van der Waals surface area contributed by atoms with Crippen molar-refractivity contribution in [1.29, 1.82) is 0 Å². The molecule has 1 aromatic rings. The van der Waals surface area contributed by atoms with Crippen LogP contribution in [0.25, 0.3) is 0 Å². The van der Waals surface area contributed by atoms with Crippen LogP contribution in [0.1, 0.15) is 10.4 Å². The van der Waals surface area contributed by atoms with Gasteiger partial charge in [-0.25, -0.2) is 0 Å². The summed E-state index contributed by atoms with van der Waals surface area (Å²) in [6.07, 6.45) is 0.623. The van der Waals surface area contributed by atoms with Crippen LogP contribution >= 0.6 is 0 Å². The van der Waals surface area contributed by atoms with Crippen LogP contribution in [0, 0.1) is 6.92 Å². The van der Waals surface area contributed by atoms with Crippen LogP contribution < -0.4 is 4.74 Å². The quantitative estimate of drug-likeness (QED) is 0.374. The molecule has 61 valence electrons. The molecule has 0 heterocycles. The maximum Gasteiger partial charge on any atom is 0.311 e. The van der Waals surface area contributed by atoms with Gasteiger partial charge in [0.05, 0.1) is 12.5 Å². The van der Waals surface area contributed by atoms with Crippen molar-refractivity contribution in [2.45, 2.75) is 0 Å². The van der Waals surface area contributed by atoms with Crippen LogP contribution in [0.2, 0.25) is 0 Å². The molecule has 0 bridgehead atoms. The van der Waals surface area contributed by atoms with Gasteiger partial charge in [0.2, 0.25) is 0 Å². The lowest BCUT2D eigenvalue weighted by Crippen LogP contribution is -2.03. The van der Waals surface area contributed by atoms with E-state index in [2.05, 4.69) is 11.7 Å². The number of rotatable bonds is 2. The monoisotopic (exact) mass is 163 g/mol. The molecule has 1 rings (SSSR count). The van der Waals surface area contributed by atoms with E-state index in [-0.39, 0.29) is 5.75 Å². The lowest BCUT2D eigenvalue weighted by Gasteiger charge is -2.01. The number of hydrogen-bond acceptors (Lipinski definition) is 3. The van der Waals surface area contributed by atoms with Crippen LogP contribution in [0.3, 0.4) is 0 Å². The van der Waals surface area contributed by atoms with Gasteiger partial charge in [0, 0.05) is 0 Å². The molecule has 3 nitrogen and oxygen atoms in total. The zero-order chi connectivity index (χ0) is 8.97. The fraction of sp³-hybridized carbons (Fsp3) is 0. The summed E-state index contributed by atoms with van der Waals surface area (Å²) in [6.45, 7) is 3.03. The molecule has 0 aliphatic carbocycles. The number of ether oxygens (including phenoxy) is 1. The van der Waals surface area contributed by atoms with Crippen molar-refractivity contribution in [2.24, 2.45) is 0 Å². The van der Waals surface area contributed by atoms with Crippen LogP contribution in [-0.4, -0.2) is 12.3 Å². The van der Waals surface area contributed by atoms with Gasteiger partial charge in [0.1, 0.15) is 5.75 Å². The lowest BCUT2D eigenvalue weighted by atomic mass is 10.2. The molecule has 1 radical (unpaired) electrons. The maximum atomic E-state index is 10.4. The molecule has 3 heteroatoms. The van der Waals surface area contributed by atoms with Crippen molar-refractivity contribution >= 4 is 12.3 Å². The van der Waals surface area contributed by atoms with Gasteiger partial charge in [-0.2, -0.15) is 0 Å². The second kappa shape index (κ2) is 3.67. The highest BCUT2D eigenvalue weighted by Gasteiger charge is 2.02. The maximum absolute atomic E-state index is 10.4. The summed E-state index contributed by atoms with van der Waals surface area (Å²) in [4.78, 5) is 20.8. The highest BCUT2D eigenvalue weighted by molar-refractivity contribution is 5.83. The van der Waals surface area contributed by atoms with Crippen LogP contribution in [0.4, 0.5) is 0 Å². The fourth-order valence-electron chi connectivity index (χ4n) is 0.793. The summed E-state index contributed by atoms with van der Waals surface area (Å²) >= 11 is 0. The van der Waals surface area contributed by atoms with Gasteiger partial charge >= 0.3 is 5.97 Å². The molecule has 0 unspecified atom stereocenters. The first-order valence-electron chi connectivity index (χ1n) is 3.32. The first kappa shape index (κ1) is 8.46. The summed E-state index contributed by atoms with van der Waals surface area (Å²) in [5.74, 6) is -0.434. The minimum Gasteiger partial charge on any atom is -0.426 e. The van der Waals surface area contributed by atoms with Gasteiger partial charge in [0.15, 0.2) is 6.29 Å². The van der Waals surface area contributed by atoms with E-state index in [9.17, 15) is 9.59 Å². The van der Waals surface area contributed by atoms with Crippen molar-refractivity contribution < 1.29 is 14.3 Å².